The molecular formula is C26H36N6O4. The normalized spacial score (nSPS) is 26.5. The number of aromatic nitrogens is 2. The smallest absolute Gasteiger partial charge is 0.407 e. The number of anilines is 1. The van der Waals surface area contributed by atoms with Crippen LogP contribution in [0.25, 0.3) is 10.9 Å². The van der Waals surface area contributed by atoms with Crippen LogP contribution in [0.3, 0.4) is 0 Å². The number of piperazine rings is 1. The van der Waals surface area contributed by atoms with Crippen LogP contribution in [0.5, 0.6) is 0 Å². The molecule has 1 unspecified atom stereocenters. The predicted molar refractivity (Wildman–Crippen MR) is 136 cm³/mol. The number of nitrogens with zero attached hydrogens (tertiary/aromatic N) is 5. The Labute approximate surface area is 211 Å². The highest BCUT2D eigenvalue weighted by molar-refractivity contribution is 6.03. The molecule has 10 heteroatoms. The zero-order valence-corrected chi connectivity index (χ0v) is 21.3. The largest absolute Gasteiger partial charge is 0.465 e. The van der Waals surface area contributed by atoms with Gasteiger partial charge in [-0.05, 0) is 45.1 Å². The maximum absolute atomic E-state index is 12.5. The number of para-hydroxylation sites is 1. The molecule has 1 aromatic carbocycles. The zero-order valence-electron chi connectivity index (χ0n) is 21.3. The van der Waals surface area contributed by atoms with Crippen LogP contribution < -0.4 is 10.2 Å². The Morgan fingerprint density at radius 2 is 1.86 bits per heavy atom. The van der Waals surface area contributed by atoms with Crippen molar-refractivity contribution in [2.75, 3.05) is 37.6 Å². The van der Waals surface area contributed by atoms with E-state index in [1.54, 1.807) is 4.90 Å². The van der Waals surface area contributed by atoms with E-state index in [1.165, 1.54) is 0 Å². The highest BCUT2D eigenvalue weighted by Crippen LogP contribution is 2.36. The number of imide groups is 1. The lowest BCUT2D eigenvalue weighted by atomic mass is 9.92. The molecule has 4 heterocycles. The summed E-state index contributed by atoms with van der Waals surface area (Å²) in [6, 6.07) is 6.43. The molecule has 3 amide bonds. The fourth-order valence-corrected chi connectivity index (χ4v) is 6.22. The van der Waals surface area contributed by atoms with Gasteiger partial charge < -0.3 is 14.9 Å². The lowest BCUT2D eigenvalue weighted by Gasteiger charge is -2.45. The number of carboxylic acid groups (broad SMARTS) is 1. The SMILES string of the molecule is C[C@@H]1CN(C(=O)O)[C@@H](C)CN1CC1CCN(c2cccc3c(C4CCC(=O)NC4=O)nn(C)c23)CC1. The highest BCUT2D eigenvalue weighted by atomic mass is 16.4. The maximum atomic E-state index is 12.5. The number of aryl methyl sites for hydroxylation is 1. The molecule has 5 rings (SSSR count). The number of benzene rings is 1. The Kier molecular flexibility index (Phi) is 6.63. The highest BCUT2D eigenvalue weighted by Gasteiger charge is 2.35. The molecule has 0 aliphatic carbocycles. The third-order valence-corrected chi connectivity index (χ3v) is 8.25. The first-order valence-corrected chi connectivity index (χ1v) is 13.0. The number of rotatable bonds is 4. The van der Waals surface area contributed by atoms with Crippen molar-refractivity contribution in [1.82, 2.24) is 24.9 Å². The topological polar surface area (TPSA) is 111 Å². The average Bonchev–Trinajstić information content (AvgIpc) is 3.18. The summed E-state index contributed by atoms with van der Waals surface area (Å²) < 4.78 is 1.88. The van der Waals surface area contributed by atoms with Crippen molar-refractivity contribution in [1.29, 1.82) is 0 Å². The summed E-state index contributed by atoms with van der Waals surface area (Å²) in [6.45, 7) is 8.36. The summed E-state index contributed by atoms with van der Waals surface area (Å²) in [6.07, 6.45) is 2.16. The van der Waals surface area contributed by atoms with Gasteiger partial charge in [0, 0.05) is 63.7 Å². The number of carbonyl (C=O) groups is 3. The van der Waals surface area contributed by atoms with Gasteiger partial charge in [-0.3, -0.25) is 24.5 Å². The van der Waals surface area contributed by atoms with E-state index in [4.69, 9.17) is 5.10 Å². The van der Waals surface area contributed by atoms with Crippen LogP contribution in [0.1, 0.15) is 51.1 Å². The quantitative estimate of drug-likeness (QED) is 0.625. The van der Waals surface area contributed by atoms with Gasteiger partial charge in [0.25, 0.3) is 0 Å². The van der Waals surface area contributed by atoms with Crippen LogP contribution in [-0.2, 0) is 16.6 Å². The summed E-state index contributed by atoms with van der Waals surface area (Å²) >= 11 is 0. The Hall–Kier alpha value is -3.14. The van der Waals surface area contributed by atoms with Gasteiger partial charge in [-0.15, -0.1) is 0 Å². The number of carbonyl (C=O) groups excluding carboxylic acids is 2. The Balaban J connectivity index is 1.27. The fraction of sp³-hybridized carbons (Fsp3) is 0.615. The van der Waals surface area contributed by atoms with Crippen molar-refractivity contribution in [3.63, 3.8) is 0 Å². The summed E-state index contributed by atoms with van der Waals surface area (Å²) in [5.41, 5.74) is 2.91. The van der Waals surface area contributed by atoms with E-state index >= 15 is 0 Å². The molecule has 36 heavy (non-hydrogen) atoms. The maximum Gasteiger partial charge on any atom is 0.407 e. The number of fused-ring (bicyclic) bond motifs is 1. The minimum atomic E-state index is -0.826. The van der Waals surface area contributed by atoms with Gasteiger partial charge in [0.2, 0.25) is 11.8 Å². The zero-order chi connectivity index (χ0) is 25.6. The fourth-order valence-electron chi connectivity index (χ4n) is 6.22. The predicted octanol–water partition coefficient (Wildman–Crippen LogP) is 2.38. The summed E-state index contributed by atoms with van der Waals surface area (Å²) in [5.74, 6) is -0.298. The Morgan fingerprint density at radius 1 is 1.11 bits per heavy atom. The number of nitrogens with one attached hydrogen (secondary N) is 1. The summed E-state index contributed by atoms with van der Waals surface area (Å²) in [7, 11) is 1.92. The number of amides is 3. The average molecular weight is 497 g/mol. The third kappa shape index (κ3) is 4.54. The molecule has 0 bridgehead atoms. The number of hydrogen-bond acceptors (Lipinski definition) is 6. The van der Waals surface area contributed by atoms with E-state index in [0.717, 1.165) is 61.3 Å². The van der Waals surface area contributed by atoms with Gasteiger partial charge in [-0.1, -0.05) is 12.1 Å². The lowest BCUT2D eigenvalue weighted by molar-refractivity contribution is -0.134. The van der Waals surface area contributed by atoms with E-state index in [9.17, 15) is 19.5 Å². The summed E-state index contributed by atoms with van der Waals surface area (Å²) in [4.78, 5) is 42.0. The first-order valence-electron chi connectivity index (χ1n) is 13.0. The molecule has 3 aliphatic heterocycles. The van der Waals surface area contributed by atoms with Gasteiger partial charge in [-0.2, -0.15) is 5.10 Å². The van der Waals surface area contributed by atoms with Crippen molar-refractivity contribution in [2.24, 2.45) is 13.0 Å². The molecule has 1 aromatic heterocycles. The second kappa shape index (κ2) is 9.72. The standard InChI is InChI=1S/C26H36N6O4/c1-16-14-32(26(35)36)17(2)13-31(16)15-18-9-11-30(12-10-18)21-6-4-5-19-23(28-29(3)24(19)21)20-7-8-22(33)27-25(20)34/h4-6,16-18,20H,7-15H2,1-3H3,(H,35,36)(H,27,33,34)/t16-,17+,20?/m1/s1. The molecule has 10 nitrogen and oxygen atoms in total. The van der Waals surface area contributed by atoms with Crippen molar-refractivity contribution < 1.29 is 19.5 Å². The van der Waals surface area contributed by atoms with E-state index in [1.807, 2.05) is 30.8 Å². The van der Waals surface area contributed by atoms with E-state index in [-0.39, 0.29) is 23.9 Å². The molecule has 3 fully saturated rings. The molecule has 194 valence electrons. The van der Waals surface area contributed by atoms with Crippen LogP contribution >= 0.6 is 0 Å². The van der Waals surface area contributed by atoms with E-state index < -0.39 is 12.0 Å². The molecule has 3 aliphatic rings. The van der Waals surface area contributed by atoms with Crippen LogP contribution in [0.2, 0.25) is 0 Å². The van der Waals surface area contributed by atoms with Crippen LogP contribution in [0.15, 0.2) is 18.2 Å². The Bertz CT molecular complexity index is 1170. The van der Waals surface area contributed by atoms with Crippen molar-refractivity contribution in [2.45, 2.75) is 57.5 Å². The van der Waals surface area contributed by atoms with Gasteiger partial charge >= 0.3 is 6.09 Å². The molecule has 2 aromatic rings. The van der Waals surface area contributed by atoms with Crippen molar-refractivity contribution in [3.8, 4) is 0 Å². The van der Waals surface area contributed by atoms with Crippen molar-refractivity contribution in [3.05, 3.63) is 23.9 Å². The van der Waals surface area contributed by atoms with Crippen LogP contribution in [-0.4, -0.2) is 87.4 Å². The Morgan fingerprint density at radius 3 is 2.56 bits per heavy atom. The molecule has 3 atom stereocenters. The van der Waals surface area contributed by atoms with Gasteiger partial charge in [0.15, 0.2) is 0 Å². The van der Waals surface area contributed by atoms with Gasteiger partial charge in [-0.25, -0.2) is 4.79 Å². The van der Waals surface area contributed by atoms with Crippen LogP contribution in [0.4, 0.5) is 10.5 Å². The molecule has 0 saturated carbocycles. The number of piperidine rings is 2. The molecular weight excluding hydrogens is 460 g/mol. The first kappa shape index (κ1) is 24.5. The monoisotopic (exact) mass is 496 g/mol. The third-order valence-electron chi connectivity index (χ3n) is 8.25. The molecule has 0 spiro atoms. The molecule has 2 N–H and O–H groups in total. The van der Waals surface area contributed by atoms with Crippen LogP contribution in [0, 0.1) is 5.92 Å². The first-order chi connectivity index (χ1) is 17.2. The van der Waals surface area contributed by atoms with Gasteiger partial charge in [0.05, 0.1) is 22.8 Å². The second-order valence-electron chi connectivity index (χ2n) is 10.7. The molecule has 3 saturated heterocycles. The van der Waals surface area contributed by atoms with E-state index in [2.05, 4.69) is 28.1 Å². The molecule has 0 radical (unpaired) electrons. The van der Waals surface area contributed by atoms with Gasteiger partial charge in [0.1, 0.15) is 0 Å². The lowest BCUT2D eigenvalue weighted by Crippen LogP contribution is -2.58. The van der Waals surface area contributed by atoms with E-state index in [0.29, 0.717) is 25.3 Å². The minimum absolute atomic E-state index is 0.0137. The second-order valence-corrected chi connectivity index (χ2v) is 10.7. The minimum Gasteiger partial charge on any atom is -0.465 e. The number of hydrogen-bond donors (Lipinski definition) is 2. The summed E-state index contributed by atoms with van der Waals surface area (Å²) in [5, 5.41) is 17.6. The van der Waals surface area contributed by atoms with Crippen molar-refractivity contribution >= 4 is 34.5 Å².